The second-order valence-corrected chi connectivity index (χ2v) is 3.57. The molecule has 6 heteroatoms. The molecule has 0 saturated carbocycles. The van der Waals surface area contributed by atoms with Crippen LogP contribution >= 0.6 is 0 Å². The van der Waals surface area contributed by atoms with Crippen LogP contribution in [0.15, 0.2) is 24.3 Å². The summed E-state index contributed by atoms with van der Waals surface area (Å²) in [5.41, 5.74) is 0.497. The average molecular weight is 248 g/mol. The fraction of sp³-hybridized carbons (Fsp3) is 0.250. The molecule has 0 aliphatic carbocycles. The van der Waals surface area contributed by atoms with E-state index >= 15 is 0 Å². The van der Waals surface area contributed by atoms with E-state index in [4.69, 9.17) is 15.1 Å². The Hall–Kier alpha value is -2.55. The first-order valence-electron chi connectivity index (χ1n) is 5.11. The van der Waals surface area contributed by atoms with E-state index in [1.165, 1.54) is 7.05 Å². The number of rotatable bonds is 5. The number of likely N-dealkylation sites (N-methyl/N-ethyl adjacent to an activating group) is 1. The molecule has 1 aromatic rings. The van der Waals surface area contributed by atoms with Gasteiger partial charge in [-0.15, -0.1) is 0 Å². The second-order valence-electron chi connectivity index (χ2n) is 3.57. The molecule has 0 bridgehead atoms. The summed E-state index contributed by atoms with van der Waals surface area (Å²) in [7, 11) is 1.39. The lowest BCUT2D eigenvalue weighted by molar-refractivity contribution is -0.144. The normalized spacial score (nSPS) is 9.33. The van der Waals surface area contributed by atoms with Gasteiger partial charge < -0.3 is 14.7 Å². The van der Waals surface area contributed by atoms with E-state index < -0.39 is 11.9 Å². The smallest absolute Gasteiger partial charge is 0.323 e. The van der Waals surface area contributed by atoms with Crippen molar-refractivity contribution in [3.05, 3.63) is 29.8 Å². The highest BCUT2D eigenvalue weighted by Crippen LogP contribution is 2.11. The Morgan fingerprint density at radius 3 is 2.50 bits per heavy atom. The van der Waals surface area contributed by atoms with Gasteiger partial charge in [0.25, 0.3) is 5.91 Å². The van der Waals surface area contributed by atoms with Gasteiger partial charge in [-0.1, -0.05) is 0 Å². The van der Waals surface area contributed by atoms with Crippen LogP contribution in [-0.2, 0) is 9.59 Å². The van der Waals surface area contributed by atoms with Crippen molar-refractivity contribution in [2.24, 2.45) is 0 Å². The van der Waals surface area contributed by atoms with E-state index in [1.54, 1.807) is 24.3 Å². The Morgan fingerprint density at radius 1 is 1.39 bits per heavy atom. The number of carboxylic acid groups (broad SMARTS) is 1. The van der Waals surface area contributed by atoms with Crippen LogP contribution in [0.1, 0.15) is 5.56 Å². The zero-order valence-electron chi connectivity index (χ0n) is 9.79. The number of nitriles is 1. The third kappa shape index (κ3) is 4.14. The fourth-order valence-corrected chi connectivity index (χ4v) is 1.17. The largest absolute Gasteiger partial charge is 0.484 e. The Kier molecular flexibility index (Phi) is 4.69. The number of ether oxygens (including phenoxy) is 1. The molecule has 0 spiro atoms. The lowest BCUT2D eigenvalue weighted by atomic mass is 10.2. The van der Waals surface area contributed by atoms with Crippen molar-refractivity contribution in [1.82, 2.24) is 4.90 Å². The van der Waals surface area contributed by atoms with E-state index in [0.717, 1.165) is 4.90 Å². The van der Waals surface area contributed by atoms with Crippen molar-refractivity contribution in [2.45, 2.75) is 0 Å². The van der Waals surface area contributed by atoms with Crippen molar-refractivity contribution >= 4 is 11.9 Å². The number of carbonyl (C=O) groups is 2. The van der Waals surface area contributed by atoms with Gasteiger partial charge in [-0.05, 0) is 24.3 Å². The van der Waals surface area contributed by atoms with Gasteiger partial charge >= 0.3 is 5.97 Å². The minimum absolute atomic E-state index is 0.240. The molecule has 94 valence electrons. The van der Waals surface area contributed by atoms with Crippen molar-refractivity contribution in [2.75, 3.05) is 20.2 Å². The monoisotopic (exact) mass is 248 g/mol. The summed E-state index contributed by atoms with van der Waals surface area (Å²) in [5, 5.41) is 17.1. The average Bonchev–Trinajstić information content (AvgIpc) is 2.35. The van der Waals surface area contributed by atoms with E-state index in [9.17, 15) is 9.59 Å². The van der Waals surface area contributed by atoms with Gasteiger partial charge in [-0.3, -0.25) is 9.59 Å². The van der Waals surface area contributed by atoms with Crippen molar-refractivity contribution < 1.29 is 19.4 Å². The zero-order chi connectivity index (χ0) is 13.5. The summed E-state index contributed by atoms with van der Waals surface area (Å²) in [4.78, 5) is 22.9. The minimum Gasteiger partial charge on any atom is -0.484 e. The fourth-order valence-electron chi connectivity index (χ4n) is 1.17. The Morgan fingerprint density at radius 2 is 2.00 bits per heavy atom. The minimum atomic E-state index is -1.08. The van der Waals surface area contributed by atoms with Gasteiger partial charge in [0.15, 0.2) is 6.61 Å². The van der Waals surface area contributed by atoms with Gasteiger partial charge in [-0.2, -0.15) is 5.26 Å². The van der Waals surface area contributed by atoms with Gasteiger partial charge in [0.2, 0.25) is 0 Å². The first kappa shape index (κ1) is 13.5. The molecule has 0 aliphatic rings. The molecular formula is C12H12N2O4. The van der Waals surface area contributed by atoms with E-state index in [-0.39, 0.29) is 13.2 Å². The lowest BCUT2D eigenvalue weighted by Crippen LogP contribution is -2.35. The standard InChI is InChI=1S/C12H12N2O4/c1-14(7-12(16)17)11(15)8-18-10-4-2-9(6-13)3-5-10/h2-5H,7-8H2,1H3,(H,16,17). The quantitative estimate of drug-likeness (QED) is 0.818. The first-order valence-corrected chi connectivity index (χ1v) is 5.11. The van der Waals surface area contributed by atoms with Crippen LogP contribution in [0.25, 0.3) is 0 Å². The van der Waals surface area contributed by atoms with Crippen LogP contribution in [-0.4, -0.2) is 42.1 Å². The first-order chi connectivity index (χ1) is 8.52. The highest BCUT2D eigenvalue weighted by molar-refractivity contribution is 5.82. The molecule has 1 amide bonds. The van der Waals surface area contributed by atoms with E-state index in [0.29, 0.717) is 11.3 Å². The van der Waals surface area contributed by atoms with Crippen LogP contribution < -0.4 is 4.74 Å². The van der Waals surface area contributed by atoms with Gasteiger partial charge in [0.05, 0.1) is 11.6 Å². The summed E-state index contributed by atoms with van der Waals surface area (Å²) in [6.45, 7) is -0.606. The summed E-state index contributed by atoms with van der Waals surface area (Å²) >= 11 is 0. The van der Waals surface area contributed by atoms with Crippen LogP contribution in [0.5, 0.6) is 5.75 Å². The maximum Gasteiger partial charge on any atom is 0.323 e. The van der Waals surface area contributed by atoms with Crippen LogP contribution in [0, 0.1) is 11.3 Å². The van der Waals surface area contributed by atoms with Gasteiger partial charge in [-0.25, -0.2) is 0 Å². The highest BCUT2D eigenvalue weighted by Gasteiger charge is 2.12. The number of hydrogen-bond donors (Lipinski definition) is 1. The Bertz CT molecular complexity index is 476. The molecule has 1 aromatic carbocycles. The number of carboxylic acids is 1. The SMILES string of the molecule is CN(CC(=O)O)C(=O)COc1ccc(C#N)cc1. The molecule has 0 unspecified atom stereocenters. The lowest BCUT2D eigenvalue weighted by Gasteiger charge is -2.14. The van der Waals surface area contributed by atoms with Crippen LogP contribution in [0.3, 0.4) is 0 Å². The molecule has 0 fully saturated rings. The maximum absolute atomic E-state index is 11.5. The number of hydrogen-bond acceptors (Lipinski definition) is 4. The van der Waals surface area contributed by atoms with E-state index in [1.807, 2.05) is 6.07 Å². The zero-order valence-corrected chi connectivity index (χ0v) is 9.79. The Labute approximate surface area is 104 Å². The molecule has 18 heavy (non-hydrogen) atoms. The molecule has 6 nitrogen and oxygen atoms in total. The van der Waals surface area contributed by atoms with E-state index in [2.05, 4.69) is 0 Å². The molecule has 0 aliphatic heterocycles. The summed E-state index contributed by atoms with van der Waals surface area (Å²) in [5.74, 6) is -1.06. The molecule has 0 radical (unpaired) electrons. The maximum atomic E-state index is 11.5. The number of nitrogens with zero attached hydrogens (tertiary/aromatic N) is 2. The van der Waals surface area contributed by atoms with Gasteiger partial charge in [0, 0.05) is 7.05 Å². The predicted molar refractivity (Wildman–Crippen MR) is 61.9 cm³/mol. The second kappa shape index (κ2) is 6.25. The number of benzene rings is 1. The van der Waals surface area contributed by atoms with Gasteiger partial charge in [0.1, 0.15) is 12.3 Å². The molecule has 0 aromatic heterocycles. The molecule has 1 rings (SSSR count). The molecule has 1 N–H and O–H groups in total. The van der Waals surface area contributed by atoms with Crippen LogP contribution in [0.2, 0.25) is 0 Å². The molecule has 0 heterocycles. The highest BCUT2D eigenvalue weighted by atomic mass is 16.5. The summed E-state index contributed by atoms with van der Waals surface area (Å²) in [6.07, 6.45) is 0. The molecular weight excluding hydrogens is 236 g/mol. The number of aliphatic carboxylic acids is 1. The topological polar surface area (TPSA) is 90.6 Å². The number of carbonyl (C=O) groups excluding carboxylic acids is 1. The van der Waals surface area contributed by atoms with Crippen molar-refractivity contribution in [3.8, 4) is 11.8 Å². The third-order valence-electron chi connectivity index (χ3n) is 2.14. The number of amides is 1. The third-order valence-corrected chi connectivity index (χ3v) is 2.14. The summed E-state index contributed by atoms with van der Waals surface area (Å²) in [6, 6.07) is 8.25. The predicted octanol–water partition coefficient (Wildman–Crippen LogP) is 0.480. The van der Waals surface area contributed by atoms with Crippen molar-refractivity contribution in [3.63, 3.8) is 0 Å². The van der Waals surface area contributed by atoms with Crippen LogP contribution in [0.4, 0.5) is 0 Å². The summed E-state index contributed by atoms with van der Waals surface area (Å²) < 4.78 is 5.18. The molecule has 0 saturated heterocycles. The molecule has 0 atom stereocenters. The van der Waals surface area contributed by atoms with Crippen molar-refractivity contribution in [1.29, 1.82) is 5.26 Å². The Balaban J connectivity index is 2.47.